The van der Waals surface area contributed by atoms with Gasteiger partial charge in [0.05, 0.1) is 15.9 Å². The second kappa shape index (κ2) is 5.22. The van der Waals surface area contributed by atoms with Crippen molar-refractivity contribution in [3.05, 3.63) is 31.9 Å². The number of carbonyl (C=O) groups is 1. The fourth-order valence-corrected chi connectivity index (χ4v) is 2.46. The van der Waals surface area contributed by atoms with E-state index in [9.17, 15) is 18.0 Å². The zero-order chi connectivity index (χ0) is 12.5. The van der Waals surface area contributed by atoms with Crippen molar-refractivity contribution >= 4 is 55.9 Å². The molecule has 0 saturated carbocycles. The summed E-state index contributed by atoms with van der Waals surface area (Å²) < 4.78 is 38.4. The van der Waals surface area contributed by atoms with Crippen molar-refractivity contribution in [2.45, 2.75) is 6.18 Å². The Balaban J connectivity index is 3.56. The fourth-order valence-electron chi connectivity index (χ4n) is 1.17. The van der Waals surface area contributed by atoms with E-state index in [2.05, 4.69) is 15.9 Å². The quantitative estimate of drug-likeness (QED) is 0.385. The van der Waals surface area contributed by atoms with Crippen molar-refractivity contribution in [2.24, 2.45) is 0 Å². The highest BCUT2D eigenvalue weighted by molar-refractivity contribution is 14.1. The largest absolute Gasteiger partial charge is 0.418 e. The molecule has 1 rings (SSSR count). The van der Waals surface area contributed by atoms with E-state index < -0.39 is 22.5 Å². The Morgan fingerprint density at radius 2 is 2.00 bits per heavy atom. The van der Waals surface area contributed by atoms with E-state index >= 15 is 0 Å². The molecule has 0 spiro atoms. The lowest BCUT2D eigenvalue weighted by atomic mass is 10.0. The number of hydrogen-bond acceptors (Lipinski definition) is 1. The molecule has 0 N–H and O–H groups in total. The van der Waals surface area contributed by atoms with Gasteiger partial charge in [0.25, 0.3) is 0 Å². The van der Waals surface area contributed by atoms with Crippen molar-refractivity contribution in [2.75, 3.05) is 5.33 Å². The highest BCUT2D eigenvalue weighted by Crippen LogP contribution is 2.39. The first-order chi connectivity index (χ1) is 7.29. The van der Waals surface area contributed by atoms with Gasteiger partial charge < -0.3 is 0 Å². The summed E-state index contributed by atoms with van der Waals surface area (Å²) in [7, 11) is 0. The summed E-state index contributed by atoms with van der Waals surface area (Å²) in [5, 5.41) is -0.635. The molecule has 0 unspecified atom stereocenters. The van der Waals surface area contributed by atoms with Crippen LogP contribution in [0.2, 0.25) is 5.02 Å². The number of ketones is 1. The van der Waals surface area contributed by atoms with E-state index in [1.807, 2.05) is 0 Å². The molecule has 0 fully saturated rings. The Kier molecular flexibility index (Phi) is 4.65. The number of hydrogen-bond donors (Lipinski definition) is 0. The molecule has 88 valence electrons. The normalized spacial score (nSPS) is 11.6. The van der Waals surface area contributed by atoms with Crippen LogP contribution in [0.5, 0.6) is 0 Å². The van der Waals surface area contributed by atoms with Gasteiger partial charge in [-0.2, -0.15) is 13.2 Å². The number of halogens is 6. The molecule has 0 saturated heterocycles. The first kappa shape index (κ1) is 14.2. The maximum atomic E-state index is 12.7. The molecule has 1 aromatic rings. The summed E-state index contributed by atoms with van der Waals surface area (Å²) in [6.45, 7) is 0. The number of Topliss-reactive ketones (excluding diaryl/α,β-unsaturated/α-hetero) is 1. The molecule has 0 bridgehead atoms. The third-order valence-corrected chi connectivity index (χ3v) is 3.51. The molecule has 16 heavy (non-hydrogen) atoms. The molecule has 0 heterocycles. The lowest BCUT2D eigenvalue weighted by Crippen LogP contribution is -2.16. The van der Waals surface area contributed by atoms with Crippen LogP contribution in [0.1, 0.15) is 15.9 Å². The molecular weight excluding hydrogens is 423 g/mol. The number of alkyl halides is 4. The maximum Gasteiger partial charge on any atom is 0.418 e. The lowest BCUT2D eigenvalue weighted by Gasteiger charge is -2.14. The van der Waals surface area contributed by atoms with Crippen LogP contribution in [0.15, 0.2) is 12.1 Å². The van der Waals surface area contributed by atoms with Gasteiger partial charge in [-0.3, -0.25) is 4.79 Å². The predicted octanol–water partition coefficient (Wildman–Crippen LogP) is 4.54. The van der Waals surface area contributed by atoms with Gasteiger partial charge in [-0.25, -0.2) is 0 Å². The summed E-state index contributed by atoms with van der Waals surface area (Å²) in [6, 6.07) is 2.52. The smallest absolute Gasteiger partial charge is 0.293 e. The van der Waals surface area contributed by atoms with Crippen LogP contribution in [-0.4, -0.2) is 11.1 Å². The molecule has 0 aromatic heterocycles. The average Bonchev–Trinajstić information content (AvgIpc) is 2.18. The van der Waals surface area contributed by atoms with Gasteiger partial charge in [0.1, 0.15) is 0 Å². The van der Waals surface area contributed by atoms with E-state index in [1.54, 1.807) is 22.6 Å². The predicted molar refractivity (Wildman–Crippen MR) is 67.3 cm³/mol. The summed E-state index contributed by atoms with van der Waals surface area (Å²) in [5.41, 5.74) is -1.44. The molecule has 0 aliphatic rings. The van der Waals surface area contributed by atoms with E-state index in [-0.39, 0.29) is 14.5 Å². The monoisotopic (exact) mass is 426 g/mol. The van der Waals surface area contributed by atoms with Crippen molar-refractivity contribution < 1.29 is 18.0 Å². The minimum absolute atomic E-state index is 0.174. The van der Waals surface area contributed by atoms with Crippen molar-refractivity contribution in [3.8, 4) is 0 Å². The maximum absolute atomic E-state index is 12.7. The van der Waals surface area contributed by atoms with E-state index in [1.165, 1.54) is 6.07 Å². The minimum atomic E-state index is -4.63. The Morgan fingerprint density at radius 1 is 1.44 bits per heavy atom. The summed E-state index contributed by atoms with van der Waals surface area (Å²) in [6.07, 6.45) is -4.63. The minimum Gasteiger partial charge on any atom is -0.293 e. The standard InChI is InChI=1S/C9H4BrClF3IO/c10-3-6(16)7-5(15)2-1-4(11)8(7)9(12,13)14/h1-2H,3H2. The lowest BCUT2D eigenvalue weighted by molar-refractivity contribution is -0.137. The number of benzene rings is 1. The Labute approximate surface area is 117 Å². The van der Waals surface area contributed by atoms with Crippen LogP contribution in [0, 0.1) is 3.57 Å². The van der Waals surface area contributed by atoms with Crippen molar-refractivity contribution in [3.63, 3.8) is 0 Å². The van der Waals surface area contributed by atoms with Gasteiger partial charge in [-0.15, -0.1) is 0 Å². The van der Waals surface area contributed by atoms with Crippen LogP contribution in [0.4, 0.5) is 13.2 Å². The highest BCUT2D eigenvalue weighted by atomic mass is 127. The van der Waals surface area contributed by atoms with Crippen LogP contribution < -0.4 is 0 Å². The highest BCUT2D eigenvalue weighted by Gasteiger charge is 2.38. The number of rotatable bonds is 2. The van der Waals surface area contributed by atoms with Gasteiger partial charge in [0.2, 0.25) is 0 Å². The van der Waals surface area contributed by atoms with Crippen molar-refractivity contribution in [1.29, 1.82) is 0 Å². The Hall–Kier alpha value is 0.180. The summed E-state index contributed by atoms with van der Waals surface area (Å²) >= 11 is 10.0. The molecule has 0 aliphatic carbocycles. The SMILES string of the molecule is O=C(CBr)c1c(I)ccc(Cl)c1C(F)(F)F. The Morgan fingerprint density at radius 3 is 2.44 bits per heavy atom. The molecule has 1 aromatic carbocycles. The zero-order valence-electron chi connectivity index (χ0n) is 7.54. The molecule has 0 amide bonds. The molecule has 0 aliphatic heterocycles. The van der Waals surface area contributed by atoms with Crippen LogP contribution >= 0.6 is 50.1 Å². The van der Waals surface area contributed by atoms with Crippen molar-refractivity contribution in [1.82, 2.24) is 0 Å². The average molecular weight is 427 g/mol. The molecule has 7 heteroatoms. The molecule has 0 atom stereocenters. The Bertz CT molecular complexity index is 433. The third-order valence-electron chi connectivity index (χ3n) is 1.79. The van der Waals surface area contributed by atoms with E-state index in [4.69, 9.17) is 11.6 Å². The summed E-state index contributed by atoms with van der Waals surface area (Å²) in [4.78, 5) is 11.4. The molecular formula is C9H4BrClF3IO. The topological polar surface area (TPSA) is 17.1 Å². The first-order valence-corrected chi connectivity index (χ1v) is 6.51. The third kappa shape index (κ3) is 2.89. The van der Waals surface area contributed by atoms with E-state index in [0.717, 1.165) is 6.07 Å². The van der Waals surface area contributed by atoms with Gasteiger partial charge in [0.15, 0.2) is 5.78 Å². The second-order valence-corrected chi connectivity index (χ2v) is 4.96. The van der Waals surface area contributed by atoms with E-state index in [0.29, 0.717) is 0 Å². The molecule has 0 radical (unpaired) electrons. The van der Waals surface area contributed by atoms with Gasteiger partial charge in [-0.05, 0) is 34.7 Å². The zero-order valence-corrected chi connectivity index (χ0v) is 12.0. The van der Waals surface area contributed by atoms with Crippen LogP contribution in [0.3, 0.4) is 0 Å². The summed E-state index contributed by atoms with van der Waals surface area (Å²) in [5.74, 6) is -0.640. The fraction of sp³-hybridized carbons (Fsp3) is 0.222. The first-order valence-electron chi connectivity index (χ1n) is 3.93. The van der Waals surface area contributed by atoms with Gasteiger partial charge in [-0.1, -0.05) is 27.5 Å². The van der Waals surface area contributed by atoms with Crippen LogP contribution in [-0.2, 0) is 6.18 Å². The molecule has 1 nitrogen and oxygen atoms in total. The number of carbonyl (C=O) groups excluding carboxylic acids is 1. The van der Waals surface area contributed by atoms with Crippen LogP contribution in [0.25, 0.3) is 0 Å². The second-order valence-electron chi connectivity index (χ2n) is 2.83. The van der Waals surface area contributed by atoms with Gasteiger partial charge in [0, 0.05) is 9.13 Å². The van der Waals surface area contributed by atoms with Gasteiger partial charge >= 0.3 is 6.18 Å².